The maximum atomic E-state index is 13.5. The molecule has 4 fully saturated rings. The van der Waals surface area contributed by atoms with Crippen LogP contribution >= 0.6 is 12.2 Å². The Balaban J connectivity index is 1.20. The normalized spacial score (nSPS) is 26.6. The zero-order valence-corrected chi connectivity index (χ0v) is 21.5. The smallest absolute Gasteiger partial charge is 0.257 e. The van der Waals surface area contributed by atoms with Crippen LogP contribution in [0.25, 0.3) is 10.8 Å². The lowest BCUT2D eigenvalue weighted by molar-refractivity contribution is -0.00810. The number of benzene rings is 3. The summed E-state index contributed by atoms with van der Waals surface area (Å²) in [6.45, 7) is 0. The van der Waals surface area contributed by atoms with Crippen LogP contribution in [0.2, 0.25) is 0 Å². The van der Waals surface area contributed by atoms with E-state index < -0.39 is 10.0 Å². The molecular formula is C28H29N3O3S2. The maximum absolute atomic E-state index is 13.5. The number of anilines is 1. The summed E-state index contributed by atoms with van der Waals surface area (Å²) in [7, 11) is -3.65. The highest BCUT2D eigenvalue weighted by Gasteiger charge is 2.52. The number of sulfonamides is 1. The molecule has 186 valence electrons. The van der Waals surface area contributed by atoms with Crippen molar-refractivity contribution in [3.8, 4) is 0 Å². The molecule has 4 aliphatic rings. The average molecular weight is 520 g/mol. The van der Waals surface area contributed by atoms with Crippen LogP contribution in [0.4, 0.5) is 5.69 Å². The van der Waals surface area contributed by atoms with Gasteiger partial charge in [0.2, 0.25) is 10.0 Å². The van der Waals surface area contributed by atoms with E-state index in [1.165, 1.54) is 19.3 Å². The van der Waals surface area contributed by atoms with E-state index in [9.17, 15) is 13.2 Å². The van der Waals surface area contributed by atoms with Crippen LogP contribution in [-0.2, 0) is 10.0 Å². The van der Waals surface area contributed by atoms with Crippen molar-refractivity contribution in [2.24, 2.45) is 17.8 Å². The van der Waals surface area contributed by atoms with Gasteiger partial charge in [0.15, 0.2) is 5.11 Å². The highest BCUT2D eigenvalue weighted by Crippen LogP contribution is 2.56. The molecule has 1 amide bonds. The van der Waals surface area contributed by atoms with E-state index in [-0.39, 0.29) is 21.5 Å². The fourth-order valence-corrected chi connectivity index (χ4v) is 8.71. The summed E-state index contributed by atoms with van der Waals surface area (Å²) in [6.07, 6.45) is 6.69. The minimum absolute atomic E-state index is 0.177. The van der Waals surface area contributed by atoms with Crippen molar-refractivity contribution >= 4 is 49.7 Å². The Morgan fingerprint density at radius 2 is 1.53 bits per heavy atom. The molecule has 0 atom stereocenters. The Hall–Kier alpha value is -2.81. The van der Waals surface area contributed by atoms with Gasteiger partial charge in [0.25, 0.3) is 5.91 Å². The fourth-order valence-electron chi connectivity index (χ4n) is 7.04. The first kappa shape index (κ1) is 23.6. The summed E-state index contributed by atoms with van der Waals surface area (Å²) in [5.74, 6) is 1.69. The van der Waals surface area contributed by atoms with Gasteiger partial charge in [0.1, 0.15) is 0 Å². The van der Waals surface area contributed by atoms with Gasteiger partial charge in [0.05, 0.1) is 4.90 Å². The van der Waals surface area contributed by atoms with Crippen molar-refractivity contribution in [3.05, 3.63) is 72.3 Å². The van der Waals surface area contributed by atoms with Crippen molar-refractivity contribution in [1.29, 1.82) is 0 Å². The second-order valence-electron chi connectivity index (χ2n) is 10.8. The van der Waals surface area contributed by atoms with Gasteiger partial charge in [-0.2, -0.15) is 0 Å². The quantitative estimate of drug-likeness (QED) is 0.403. The number of carbonyl (C=O) groups is 1. The molecule has 36 heavy (non-hydrogen) atoms. The zero-order chi connectivity index (χ0) is 24.9. The minimum Gasteiger partial charge on any atom is -0.332 e. The van der Waals surface area contributed by atoms with Gasteiger partial charge in [-0.05, 0) is 104 Å². The van der Waals surface area contributed by atoms with Gasteiger partial charge >= 0.3 is 0 Å². The van der Waals surface area contributed by atoms with E-state index in [4.69, 9.17) is 12.2 Å². The van der Waals surface area contributed by atoms with E-state index in [0.717, 1.165) is 30.0 Å². The molecule has 0 aromatic heterocycles. The molecule has 4 bridgehead atoms. The Bertz CT molecular complexity index is 1420. The lowest BCUT2D eigenvalue weighted by Gasteiger charge is -2.56. The average Bonchev–Trinajstić information content (AvgIpc) is 2.83. The molecule has 0 radical (unpaired) electrons. The predicted octanol–water partition coefficient (Wildman–Crippen LogP) is 5.21. The van der Waals surface area contributed by atoms with E-state index in [2.05, 4.69) is 15.4 Å². The molecule has 3 N–H and O–H groups in total. The first-order chi connectivity index (χ1) is 17.3. The van der Waals surface area contributed by atoms with Crippen LogP contribution in [0.1, 0.15) is 48.9 Å². The summed E-state index contributed by atoms with van der Waals surface area (Å²) in [5.41, 5.74) is 0.930. The number of fused-ring (bicyclic) bond motifs is 1. The number of rotatable bonds is 5. The highest BCUT2D eigenvalue weighted by atomic mass is 32.2. The van der Waals surface area contributed by atoms with Gasteiger partial charge in [-0.3, -0.25) is 10.1 Å². The van der Waals surface area contributed by atoms with Crippen molar-refractivity contribution in [1.82, 2.24) is 10.0 Å². The SMILES string of the molecule is O=C(NC(=S)Nc1cccc2cc(S(=O)(=O)NC34CC5CC(CC(C5)C3)C4)ccc12)c1ccccc1. The van der Waals surface area contributed by atoms with Crippen LogP contribution in [0.5, 0.6) is 0 Å². The summed E-state index contributed by atoms with van der Waals surface area (Å²) in [5, 5.41) is 7.56. The molecule has 0 saturated heterocycles. The van der Waals surface area contributed by atoms with E-state index in [0.29, 0.717) is 29.0 Å². The number of hydrogen-bond donors (Lipinski definition) is 3. The van der Waals surface area contributed by atoms with Gasteiger partial charge in [0, 0.05) is 22.2 Å². The second kappa shape index (κ2) is 8.94. The number of hydrogen-bond acceptors (Lipinski definition) is 4. The molecule has 3 aromatic carbocycles. The van der Waals surface area contributed by atoms with Gasteiger partial charge < -0.3 is 5.32 Å². The topological polar surface area (TPSA) is 87.3 Å². The second-order valence-corrected chi connectivity index (χ2v) is 12.9. The van der Waals surface area contributed by atoms with Gasteiger partial charge in [-0.1, -0.05) is 36.4 Å². The molecule has 4 aliphatic carbocycles. The van der Waals surface area contributed by atoms with Crippen LogP contribution < -0.4 is 15.4 Å². The highest BCUT2D eigenvalue weighted by molar-refractivity contribution is 7.89. The fraction of sp³-hybridized carbons (Fsp3) is 0.357. The summed E-state index contributed by atoms with van der Waals surface area (Å²) >= 11 is 5.36. The molecule has 8 heteroatoms. The minimum atomic E-state index is -3.65. The molecule has 0 unspecified atom stereocenters. The van der Waals surface area contributed by atoms with Gasteiger partial charge in [-0.15, -0.1) is 0 Å². The monoisotopic (exact) mass is 519 g/mol. The van der Waals surface area contributed by atoms with Gasteiger partial charge in [-0.25, -0.2) is 13.1 Å². The number of nitrogens with one attached hydrogen (secondary N) is 3. The molecule has 6 nitrogen and oxygen atoms in total. The van der Waals surface area contributed by atoms with E-state index in [1.807, 2.05) is 24.3 Å². The third kappa shape index (κ3) is 4.53. The molecule has 3 aromatic rings. The summed E-state index contributed by atoms with van der Waals surface area (Å²) < 4.78 is 30.1. The third-order valence-corrected chi connectivity index (χ3v) is 9.84. The van der Waals surface area contributed by atoms with Crippen molar-refractivity contribution in [2.45, 2.75) is 49.0 Å². The maximum Gasteiger partial charge on any atom is 0.257 e. The van der Waals surface area contributed by atoms with Crippen LogP contribution in [0.15, 0.2) is 71.6 Å². The standard InChI is InChI=1S/C28H29N3O3S2/c32-26(21-5-2-1-3-6-21)30-27(35)29-25-8-4-7-22-14-23(9-10-24(22)25)36(33,34)31-28-15-18-11-19(16-28)13-20(12-18)17-28/h1-10,14,18-20,31H,11-13,15-17H2,(H2,29,30,32,35). The molecule has 7 rings (SSSR count). The first-order valence-electron chi connectivity index (χ1n) is 12.5. The van der Waals surface area contributed by atoms with E-state index in [1.54, 1.807) is 42.5 Å². The van der Waals surface area contributed by atoms with Crippen molar-refractivity contribution in [2.75, 3.05) is 5.32 Å². The van der Waals surface area contributed by atoms with Crippen LogP contribution in [-0.4, -0.2) is 25.0 Å². The Morgan fingerprint density at radius 3 is 2.19 bits per heavy atom. The van der Waals surface area contributed by atoms with Crippen LogP contribution in [0, 0.1) is 17.8 Å². The number of amides is 1. The lowest BCUT2D eigenvalue weighted by atomic mass is 9.53. The van der Waals surface area contributed by atoms with Crippen molar-refractivity contribution in [3.63, 3.8) is 0 Å². The summed E-state index contributed by atoms with van der Waals surface area (Å²) in [4.78, 5) is 12.7. The number of carbonyl (C=O) groups excluding carboxylic acids is 1. The zero-order valence-electron chi connectivity index (χ0n) is 19.9. The lowest BCUT2D eigenvalue weighted by Crippen LogP contribution is -2.59. The van der Waals surface area contributed by atoms with E-state index >= 15 is 0 Å². The molecule has 0 heterocycles. The predicted molar refractivity (Wildman–Crippen MR) is 145 cm³/mol. The Kier molecular flexibility index (Phi) is 5.85. The molecule has 4 saturated carbocycles. The molecular weight excluding hydrogens is 490 g/mol. The summed E-state index contributed by atoms with van der Waals surface area (Å²) in [6, 6.07) is 19.6. The Labute approximate surface area is 216 Å². The molecule has 0 spiro atoms. The Morgan fingerprint density at radius 1 is 0.861 bits per heavy atom. The third-order valence-electron chi connectivity index (χ3n) is 8.06. The first-order valence-corrected chi connectivity index (χ1v) is 14.4. The largest absolute Gasteiger partial charge is 0.332 e. The van der Waals surface area contributed by atoms with Crippen LogP contribution in [0.3, 0.4) is 0 Å². The van der Waals surface area contributed by atoms with Crippen molar-refractivity contribution < 1.29 is 13.2 Å². The number of thiocarbonyl (C=S) groups is 1. The molecule has 0 aliphatic heterocycles.